The van der Waals surface area contributed by atoms with Gasteiger partial charge in [-0.05, 0) is 30.7 Å². The molecule has 0 atom stereocenters. The third-order valence-corrected chi connectivity index (χ3v) is 1.99. The first kappa shape index (κ1) is 11.7. The summed E-state index contributed by atoms with van der Waals surface area (Å²) in [6.07, 6.45) is 0.909. The minimum absolute atomic E-state index is 0.249. The van der Waals surface area contributed by atoms with Gasteiger partial charge < -0.3 is 4.74 Å². The molecule has 0 aliphatic rings. The summed E-state index contributed by atoms with van der Waals surface area (Å²) in [5.41, 5.74) is 0.323. The van der Waals surface area contributed by atoms with Crippen LogP contribution in [0.5, 0.6) is 0 Å². The molecule has 0 N–H and O–H groups in total. The van der Waals surface area contributed by atoms with Crippen LogP contribution in [0.25, 0.3) is 0 Å². The van der Waals surface area contributed by atoms with Crippen molar-refractivity contribution in [2.45, 2.75) is 19.8 Å². The fourth-order valence-electron chi connectivity index (χ4n) is 1.00. The molecule has 0 aliphatic carbocycles. The molecule has 1 aromatic rings. The zero-order valence-electron chi connectivity index (χ0n) is 8.33. The lowest BCUT2D eigenvalue weighted by Gasteiger charge is -2.01. The zero-order chi connectivity index (χ0) is 11.3. The monoisotopic (exact) mass is 226 g/mol. The molecule has 4 heteroatoms. The molecule has 0 fully saturated rings. The number of ether oxygens (including phenoxy) is 1. The van der Waals surface area contributed by atoms with E-state index < -0.39 is 11.9 Å². The van der Waals surface area contributed by atoms with Crippen LogP contribution in [0.4, 0.5) is 0 Å². The minimum atomic E-state index is -0.634. The molecule has 15 heavy (non-hydrogen) atoms. The van der Waals surface area contributed by atoms with Crippen molar-refractivity contribution in [3.05, 3.63) is 34.9 Å². The summed E-state index contributed by atoms with van der Waals surface area (Å²) in [5.74, 6) is -1.14. The van der Waals surface area contributed by atoms with Gasteiger partial charge in [-0.1, -0.05) is 18.5 Å². The van der Waals surface area contributed by atoms with Crippen LogP contribution in [-0.2, 0) is 9.53 Å². The van der Waals surface area contributed by atoms with Crippen molar-refractivity contribution in [1.29, 1.82) is 0 Å². The molecular weight excluding hydrogens is 216 g/mol. The molecule has 0 radical (unpaired) electrons. The van der Waals surface area contributed by atoms with Crippen LogP contribution in [0.2, 0.25) is 5.02 Å². The number of carbonyl (C=O) groups is 2. The van der Waals surface area contributed by atoms with Crippen LogP contribution in [0.3, 0.4) is 0 Å². The normalized spacial score (nSPS) is 9.73. The smallest absolute Gasteiger partial charge is 0.345 e. The van der Waals surface area contributed by atoms with Gasteiger partial charge in [0.1, 0.15) is 0 Å². The molecular formula is C11H11ClO3. The van der Waals surface area contributed by atoms with Crippen LogP contribution in [-0.4, -0.2) is 11.9 Å². The van der Waals surface area contributed by atoms with Crippen LogP contribution >= 0.6 is 11.6 Å². The van der Waals surface area contributed by atoms with Gasteiger partial charge in [0, 0.05) is 11.4 Å². The Hall–Kier alpha value is -1.35. The van der Waals surface area contributed by atoms with Gasteiger partial charge in [-0.25, -0.2) is 4.79 Å². The van der Waals surface area contributed by atoms with Crippen LogP contribution < -0.4 is 0 Å². The predicted octanol–water partition coefficient (Wildman–Crippen LogP) is 2.82. The highest BCUT2D eigenvalue weighted by Gasteiger charge is 2.11. The van der Waals surface area contributed by atoms with Crippen molar-refractivity contribution >= 4 is 23.5 Å². The number of halogens is 1. The topological polar surface area (TPSA) is 43.4 Å². The van der Waals surface area contributed by atoms with E-state index >= 15 is 0 Å². The predicted molar refractivity (Wildman–Crippen MR) is 56.8 cm³/mol. The Morgan fingerprint density at radius 3 is 2.40 bits per heavy atom. The lowest BCUT2D eigenvalue weighted by molar-refractivity contribution is -0.137. The largest absolute Gasteiger partial charge is 0.389 e. The summed E-state index contributed by atoms with van der Waals surface area (Å²) in [6.45, 7) is 1.84. The summed E-state index contributed by atoms with van der Waals surface area (Å²) >= 11 is 5.65. The molecule has 0 aliphatic heterocycles. The van der Waals surface area contributed by atoms with Gasteiger partial charge in [0.2, 0.25) is 0 Å². The first-order valence-electron chi connectivity index (χ1n) is 4.64. The van der Waals surface area contributed by atoms with Gasteiger partial charge in [0.15, 0.2) is 0 Å². The van der Waals surface area contributed by atoms with E-state index in [-0.39, 0.29) is 6.42 Å². The Balaban J connectivity index is 2.61. The van der Waals surface area contributed by atoms with Gasteiger partial charge in [-0.15, -0.1) is 0 Å². The summed E-state index contributed by atoms with van der Waals surface area (Å²) < 4.78 is 4.60. The first-order valence-corrected chi connectivity index (χ1v) is 5.02. The second-order valence-electron chi connectivity index (χ2n) is 3.02. The zero-order valence-corrected chi connectivity index (χ0v) is 9.08. The van der Waals surface area contributed by atoms with E-state index in [0.29, 0.717) is 17.0 Å². The third kappa shape index (κ3) is 3.72. The number of benzene rings is 1. The Bertz CT molecular complexity index is 357. The van der Waals surface area contributed by atoms with Crippen molar-refractivity contribution in [3.63, 3.8) is 0 Å². The number of esters is 2. The molecule has 1 aromatic carbocycles. The van der Waals surface area contributed by atoms with E-state index in [1.165, 1.54) is 12.1 Å². The minimum Gasteiger partial charge on any atom is -0.389 e. The van der Waals surface area contributed by atoms with Crippen LogP contribution in [0.1, 0.15) is 30.1 Å². The second kappa shape index (κ2) is 5.51. The number of hydrogen-bond acceptors (Lipinski definition) is 3. The Morgan fingerprint density at radius 1 is 1.27 bits per heavy atom. The van der Waals surface area contributed by atoms with Crippen molar-refractivity contribution in [3.8, 4) is 0 Å². The van der Waals surface area contributed by atoms with Gasteiger partial charge in [-0.3, -0.25) is 4.79 Å². The summed E-state index contributed by atoms with van der Waals surface area (Å²) in [7, 11) is 0. The van der Waals surface area contributed by atoms with Crippen molar-refractivity contribution in [2.75, 3.05) is 0 Å². The fraction of sp³-hybridized carbons (Fsp3) is 0.273. The number of carbonyl (C=O) groups excluding carboxylic acids is 2. The molecule has 0 saturated heterocycles. The molecule has 80 valence electrons. The maximum Gasteiger partial charge on any atom is 0.345 e. The van der Waals surface area contributed by atoms with Gasteiger partial charge >= 0.3 is 11.9 Å². The molecule has 0 unspecified atom stereocenters. The quantitative estimate of drug-likeness (QED) is 0.588. The van der Waals surface area contributed by atoms with E-state index in [1.54, 1.807) is 12.1 Å². The van der Waals surface area contributed by atoms with E-state index in [9.17, 15) is 9.59 Å². The Labute approximate surface area is 93.0 Å². The van der Waals surface area contributed by atoms with Gasteiger partial charge in [-0.2, -0.15) is 0 Å². The summed E-state index contributed by atoms with van der Waals surface area (Å²) in [6, 6.07) is 6.18. The van der Waals surface area contributed by atoms with Crippen molar-refractivity contribution in [2.24, 2.45) is 0 Å². The lowest BCUT2D eigenvalue weighted by atomic mass is 10.2. The molecule has 3 nitrogen and oxygen atoms in total. The Morgan fingerprint density at radius 2 is 1.87 bits per heavy atom. The molecule has 0 amide bonds. The molecule has 0 heterocycles. The SMILES string of the molecule is CCCC(=O)OC(=O)c1ccc(Cl)cc1. The van der Waals surface area contributed by atoms with Gasteiger partial charge in [0.05, 0.1) is 5.56 Å². The average Bonchev–Trinajstić information content (AvgIpc) is 2.18. The average molecular weight is 227 g/mol. The number of hydrogen-bond donors (Lipinski definition) is 0. The van der Waals surface area contributed by atoms with Crippen molar-refractivity contribution < 1.29 is 14.3 Å². The lowest BCUT2D eigenvalue weighted by Crippen LogP contribution is -2.11. The summed E-state index contributed by atoms with van der Waals surface area (Å²) in [4.78, 5) is 22.4. The molecule has 0 spiro atoms. The van der Waals surface area contributed by atoms with E-state index in [4.69, 9.17) is 11.6 Å². The molecule has 0 saturated carbocycles. The first-order chi connectivity index (χ1) is 7.13. The Kier molecular flexibility index (Phi) is 4.31. The fourth-order valence-corrected chi connectivity index (χ4v) is 1.13. The molecule has 1 rings (SSSR count). The van der Waals surface area contributed by atoms with E-state index in [1.807, 2.05) is 6.92 Å². The highest BCUT2D eigenvalue weighted by Crippen LogP contribution is 2.10. The highest BCUT2D eigenvalue weighted by atomic mass is 35.5. The van der Waals surface area contributed by atoms with Crippen molar-refractivity contribution in [1.82, 2.24) is 0 Å². The van der Waals surface area contributed by atoms with E-state index in [2.05, 4.69) is 4.74 Å². The maximum absolute atomic E-state index is 11.4. The maximum atomic E-state index is 11.4. The number of rotatable bonds is 3. The van der Waals surface area contributed by atoms with Crippen LogP contribution in [0.15, 0.2) is 24.3 Å². The highest BCUT2D eigenvalue weighted by molar-refractivity contribution is 6.30. The van der Waals surface area contributed by atoms with E-state index in [0.717, 1.165) is 0 Å². The third-order valence-electron chi connectivity index (χ3n) is 1.74. The second-order valence-corrected chi connectivity index (χ2v) is 3.45. The summed E-state index contributed by atoms with van der Waals surface area (Å²) in [5, 5.41) is 0.534. The van der Waals surface area contributed by atoms with Crippen LogP contribution in [0, 0.1) is 0 Å². The molecule has 0 aromatic heterocycles. The standard InChI is InChI=1S/C11H11ClO3/c1-2-3-10(13)15-11(14)8-4-6-9(12)7-5-8/h4-7H,2-3H2,1H3. The van der Waals surface area contributed by atoms with Gasteiger partial charge in [0.25, 0.3) is 0 Å². The molecule has 0 bridgehead atoms.